The first-order valence-corrected chi connectivity index (χ1v) is 10.2. The van der Waals surface area contributed by atoms with E-state index in [2.05, 4.69) is 13.8 Å². The predicted octanol–water partition coefficient (Wildman–Crippen LogP) is 4.73. The van der Waals surface area contributed by atoms with Gasteiger partial charge in [-0.3, -0.25) is 0 Å². The summed E-state index contributed by atoms with van der Waals surface area (Å²) in [5, 5.41) is 8.60. The second-order valence-corrected chi connectivity index (χ2v) is 6.49. The molecule has 4 heteroatoms. The zero-order valence-electron chi connectivity index (χ0n) is 16.3. The van der Waals surface area contributed by atoms with Gasteiger partial charge in [0.15, 0.2) is 0 Å². The molecule has 1 N–H and O–H groups in total. The molecule has 0 amide bonds. The summed E-state index contributed by atoms with van der Waals surface area (Å²) in [6.07, 6.45) is 14.7. The maximum Gasteiger partial charge on any atom is 0.0704 e. The van der Waals surface area contributed by atoms with Crippen LogP contribution in [-0.2, 0) is 14.2 Å². The summed E-state index contributed by atoms with van der Waals surface area (Å²) in [4.78, 5) is 0. The van der Waals surface area contributed by atoms with E-state index in [0.29, 0.717) is 39.1 Å². The van der Waals surface area contributed by atoms with Crippen LogP contribution in [0.4, 0.5) is 0 Å². The Labute approximate surface area is 150 Å². The van der Waals surface area contributed by atoms with Crippen LogP contribution in [0.5, 0.6) is 0 Å². The molecule has 0 aromatic rings. The minimum absolute atomic E-state index is 0.0703. The van der Waals surface area contributed by atoms with Gasteiger partial charge < -0.3 is 19.3 Å². The van der Waals surface area contributed by atoms with Crippen LogP contribution >= 0.6 is 0 Å². The third kappa shape index (κ3) is 18.2. The lowest BCUT2D eigenvalue weighted by Crippen LogP contribution is -2.17. The number of ether oxygens (including phenoxy) is 3. The molecule has 0 bridgehead atoms. The van der Waals surface area contributed by atoms with Gasteiger partial charge >= 0.3 is 0 Å². The predicted molar refractivity (Wildman–Crippen MR) is 101 cm³/mol. The Balaban J connectivity index is 3.55. The fourth-order valence-corrected chi connectivity index (χ4v) is 2.73. The summed E-state index contributed by atoms with van der Waals surface area (Å²) < 4.78 is 16.6. The normalized spacial score (nSPS) is 12.6. The van der Waals surface area contributed by atoms with E-state index < -0.39 is 0 Å². The number of hydrogen-bond donors (Lipinski definition) is 1. The molecule has 1 unspecified atom stereocenters. The first-order valence-electron chi connectivity index (χ1n) is 10.2. The van der Waals surface area contributed by atoms with Crippen molar-refractivity contribution in [1.82, 2.24) is 0 Å². The summed E-state index contributed by atoms with van der Waals surface area (Å²) in [6.45, 7) is 7.37. The topological polar surface area (TPSA) is 47.9 Å². The van der Waals surface area contributed by atoms with E-state index in [0.717, 1.165) is 0 Å². The fraction of sp³-hybridized carbons (Fsp3) is 1.00. The Hall–Kier alpha value is -0.160. The van der Waals surface area contributed by atoms with Crippen LogP contribution in [-0.4, -0.2) is 50.9 Å². The Morgan fingerprint density at radius 1 is 0.625 bits per heavy atom. The lowest BCUT2D eigenvalue weighted by Gasteiger charge is -2.18. The van der Waals surface area contributed by atoms with E-state index in [1.54, 1.807) is 0 Å². The quantitative estimate of drug-likeness (QED) is 0.324. The number of aliphatic hydroxyl groups excluding tert-OH is 1. The van der Waals surface area contributed by atoms with Crippen molar-refractivity contribution in [2.75, 3.05) is 39.6 Å². The second-order valence-electron chi connectivity index (χ2n) is 6.49. The average Bonchev–Trinajstić information content (AvgIpc) is 2.60. The molecule has 0 spiro atoms. The molecule has 0 aromatic carbocycles. The molecule has 0 saturated carbocycles. The van der Waals surface area contributed by atoms with Crippen LogP contribution in [0.2, 0.25) is 0 Å². The smallest absolute Gasteiger partial charge is 0.0704 e. The zero-order chi connectivity index (χ0) is 17.7. The molecule has 1 atom stereocenters. The van der Waals surface area contributed by atoms with Gasteiger partial charge in [0.05, 0.1) is 45.7 Å². The molecule has 0 aliphatic rings. The number of aliphatic hydroxyl groups is 1. The minimum atomic E-state index is 0.0703. The van der Waals surface area contributed by atoms with Crippen molar-refractivity contribution in [2.24, 2.45) is 0 Å². The summed E-state index contributed by atoms with van der Waals surface area (Å²) in [7, 11) is 0. The van der Waals surface area contributed by atoms with Gasteiger partial charge in [0.25, 0.3) is 0 Å². The number of rotatable bonds is 20. The summed E-state index contributed by atoms with van der Waals surface area (Å²) >= 11 is 0. The molecular formula is C20H42O4. The van der Waals surface area contributed by atoms with Crippen molar-refractivity contribution in [3.05, 3.63) is 0 Å². The van der Waals surface area contributed by atoms with Crippen LogP contribution in [0.15, 0.2) is 0 Å². The van der Waals surface area contributed by atoms with Gasteiger partial charge in [-0.15, -0.1) is 0 Å². The number of unbranched alkanes of at least 4 members (excludes halogenated alkanes) is 7. The third-order valence-electron chi connectivity index (χ3n) is 4.20. The highest BCUT2D eigenvalue weighted by atomic mass is 16.5. The second kappa shape index (κ2) is 20.9. The van der Waals surface area contributed by atoms with Crippen molar-refractivity contribution in [1.29, 1.82) is 0 Å². The molecule has 24 heavy (non-hydrogen) atoms. The first kappa shape index (κ1) is 23.8. The Morgan fingerprint density at radius 3 is 1.83 bits per heavy atom. The van der Waals surface area contributed by atoms with Crippen molar-refractivity contribution in [2.45, 2.75) is 90.6 Å². The Morgan fingerprint density at radius 2 is 1.17 bits per heavy atom. The Kier molecular flexibility index (Phi) is 20.7. The van der Waals surface area contributed by atoms with Gasteiger partial charge in [-0.25, -0.2) is 0 Å². The molecule has 146 valence electrons. The highest BCUT2D eigenvalue weighted by Gasteiger charge is 2.08. The summed E-state index contributed by atoms with van der Waals surface area (Å²) in [5.74, 6) is 0. The molecule has 0 fully saturated rings. The Bertz CT molecular complexity index is 224. The summed E-state index contributed by atoms with van der Waals surface area (Å²) in [6, 6.07) is 0. The van der Waals surface area contributed by atoms with Crippen LogP contribution in [0.1, 0.15) is 84.5 Å². The largest absolute Gasteiger partial charge is 0.394 e. The maximum absolute atomic E-state index is 8.60. The van der Waals surface area contributed by atoms with E-state index in [1.807, 2.05) is 0 Å². The molecular weight excluding hydrogens is 304 g/mol. The van der Waals surface area contributed by atoms with Crippen molar-refractivity contribution in [3.8, 4) is 0 Å². The van der Waals surface area contributed by atoms with Crippen molar-refractivity contribution >= 4 is 0 Å². The first-order chi connectivity index (χ1) is 11.8. The molecule has 0 rings (SSSR count). The molecule has 0 heterocycles. The highest BCUT2D eigenvalue weighted by Crippen LogP contribution is 2.15. The molecule has 4 nitrogen and oxygen atoms in total. The fourth-order valence-electron chi connectivity index (χ4n) is 2.73. The number of hydrogen-bond acceptors (Lipinski definition) is 4. The van der Waals surface area contributed by atoms with Gasteiger partial charge in [0.1, 0.15) is 0 Å². The molecule has 0 saturated heterocycles. The minimum Gasteiger partial charge on any atom is -0.394 e. The van der Waals surface area contributed by atoms with Crippen LogP contribution in [0.3, 0.4) is 0 Å². The zero-order valence-corrected chi connectivity index (χ0v) is 16.3. The molecule has 0 aliphatic carbocycles. The van der Waals surface area contributed by atoms with Crippen molar-refractivity contribution < 1.29 is 19.3 Å². The lowest BCUT2D eigenvalue weighted by molar-refractivity contribution is -0.0198. The van der Waals surface area contributed by atoms with Gasteiger partial charge in [-0.1, -0.05) is 71.6 Å². The van der Waals surface area contributed by atoms with E-state index >= 15 is 0 Å². The monoisotopic (exact) mass is 346 g/mol. The molecule has 0 aliphatic heterocycles. The summed E-state index contributed by atoms with van der Waals surface area (Å²) in [5.41, 5.74) is 0. The SMILES string of the molecule is CCCCCCCCCC(CCCC)OCCOCCOCCO. The standard InChI is InChI=1S/C20H42O4/c1-3-5-7-8-9-10-11-13-20(12-6-4-2)24-19-18-23-17-16-22-15-14-21/h20-21H,3-19H2,1-2H3. The van der Waals surface area contributed by atoms with Crippen LogP contribution < -0.4 is 0 Å². The molecule has 0 radical (unpaired) electrons. The third-order valence-corrected chi connectivity index (χ3v) is 4.20. The van der Waals surface area contributed by atoms with E-state index in [4.69, 9.17) is 19.3 Å². The van der Waals surface area contributed by atoms with Gasteiger partial charge in [0.2, 0.25) is 0 Å². The highest BCUT2D eigenvalue weighted by molar-refractivity contribution is 4.59. The van der Waals surface area contributed by atoms with E-state index in [1.165, 1.54) is 70.6 Å². The van der Waals surface area contributed by atoms with Gasteiger partial charge in [-0.05, 0) is 12.8 Å². The lowest BCUT2D eigenvalue weighted by atomic mass is 10.0. The molecule has 0 aromatic heterocycles. The van der Waals surface area contributed by atoms with E-state index in [-0.39, 0.29) is 6.61 Å². The van der Waals surface area contributed by atoms with Gasteiger partial charge in [0, 0.05) is 0 Å². The van der Waals surface area contributed by atoms with Crippen LogP contribution in [0, 0.1) is 0 Å². The maximum atomic E-state index is 8.60. The van der Waals surface area contributed by atoms with Gasteiger partial charge in [-0.2, -0.15) is 0 Å². The van der Waals surface area contributed by atoms with Crippen molar-refractivity contribution in [3.63, 3.8) is 0 Å². The van der Waals surface area contributed by atoms with E-state index in [9.17, 15) is 0 Å². The average molecular weight is 347 g/mol. The van der Waals surface area contributed by atoms with Crippen LogP contribution in [0.25, 0.3) is 0 Å².